The maximum atomic E-state index is 13.6. The van der Waals surface area contributed by atoms with Gasteiger partial charge in [0.05, 0.1) is 17.3 Å². The SMILES string of the molecule is CCCCCCCNC(=O)Nc1c(C(=O)NC2CCN(C(c3ccccc3)c3ccccc3)CC2)cccc1C(C)C. The molecule has 0 aliphatic carbocycles. The van der Waals surface area contributed by atoms with Gasteiger partial charge in [-0.05, 0) is 47.9 Å². The molecule has 1 heterocycles. The lowest BCUT2D eigenvalue weighted by molar-refractivity contribution is 0.0901. The van der Waals surface area contributed by atoms with E-state index in [-0.39, 0.29) is 29.9 Å². The number of nitrogens with zero attached hydrogens (tertiary/aromatic N) is 1. The molecule has 1 fully saturated rings. The summed E-state index contributed by atoms with van der Waals surface area (Å²) < 4.78 is 0. The molecule has 0 spiro atoms. The lowest BCUT2D eigenvalue weighted by atomic mass is 9.93. The van der Waals surface area contributed by atoms with Crippen molar-refractivity contribution < 1.29 is 9.59 Å². The first-order valence-corrected chi connectivity index (χ1v) is 15.8. The van der Waals surface area contributed by atoms with Crippen LogP contribution in [-0.2, 0) is 0 Å². The van der Waals surface area contributed by atoms with Crippen LogP contribution < -0.4 is 16.0 Å². The molecule has 0 bridgehead atoms. The van der Waals surface area contributed by atoms with Crippen molar-refractivity contribution in [3.05, 3.63) is 101 Å². The molecular weight excluding hydrogens is 520 g/mol. The Morgan fingerprint density at radius 1 is 0.810 bits per heavy atom. The number of para-hydroxylation sites is 1. The number of benzene rings is 3. The van der Waals surface area contributed by atoms with Crippen LogP contribution in [0.4, 0.5) is 10.5 Å². The van der Waals surface area contributed by atoms with Crippen LogP contribution in [0.1, 0.15) is 105 Å². The zero-order chi connectivity index (χ0) is 29.7. The van der Waals surface area contributed by atoms with E-state index in [9.17, 15) is 9.59 Å². The summed E-state index contributed by atoms with van der Waals surface area (Å²) in [7, 11) is 0. The number of likely N-dealkylation sites (tertiary alicyclic amines) is 1. The Labute approximate surface area is 252 Å². The second-order valence-corrected chi connectivity index (χ2v) is 11.7. The van der Waals surface area contributed by atoms with Gasteiger partial charge in [-0.25, -0.2) is 4.79 Å². The van der Waals surface area contributed by atoms with E-state index in [4.69, 9.17) is 0 Å². The van der Waals surface area contributed by atoms with Gasteiger partial charge in [-0.1, -0.05) is 119 Å². The van der Waals surface area contributed by atoms with E-state index in [1.54, 1.807) is 0 Å². The van der Waals surface area contributed by atoms with Gasteiger partial charge in [-0.3, -0.25) is 9.69 Å². The van der Waals surface area contributed by atoms with E-state index < -0.39 is 0 Å². The highest BCUT2D eigenvalue weighted by Gasteiger charge is 2.29. The molecule has 0 aromatic heterocycles. The van der Waals surface area contributed by atoms with Crippen LogP contribution in [0.5, 0.6) is 0 Å². The van der Waals surface area contributed by atoms with Gasteiger partial charge >= 0.3 is 6.03 Å². The maximum absolute atomic E-state index is 13.6. The Balaban J connectivity index is 1.39. The van der Waals surface area contributed by atoms with E-state index in [2.05, 4.69) is 102 Å². The number of anilines is 1. The lowest BCUT2D eigenvalue weighted by Crippen LogP contribution is -2.46. The molecule has 3 aromatic carbocycles. The molecule has 3 aromatic rings. The zero-order valence-electron chi connectivity index (χ0n) is 25.6. The summed E-state index contributed by atoms with van der Waals surface area (Å²) in [6.07, 6.45) is 7.43. The summed E-state index contributed by atoms with van der Waals surface area (Å²) in [6.45, 7) is 8.77. The van der Waals surface area contributed by atoms with Gasteiger partial charge in [-0.2, -0.15) is 0 Å². The molecule has 0 saturated carbocycles. The van der Waals surface area contributed by atoms with Gasteiger partial charge in [0.15, 0.2) is 0 Å². The molecule has 6 nitrogen and oxygen atoms in total. The van der Waals surface area contributed by atoms with Gasteiger partial charge in [0.1, 0.15) is 0 Å². The molecule has 1 aliphatic rings. The highest BCUT2D eigenvalue weighted by Crippen LogP contribution is 2.32. The summed E-state index contributed by atoms with van der Waals surface area (Å²) >= 11 is 0. The minimum Gasteiger partial charge on any atom is -0.349 e. The summed E-state index contributed by atoms with van der Waals surface area (Å²) in [4.78, 5) is 28.9. The van der Waals surface area contributed by atoms with Crippen LogP contribution >= 0.6 is 0 Å². The van der Waals surface area contributed by atoms with Crippen molar-refractivity contribution in [3.8, 4) is 0 Å². The molecule has 4 rings (SSSR count). The van der Waals surface area contributed by atoms with Crippen molar-refractivity contribution in [1.29, 1.82) is 0 Å². The Morgan fingerprint density at radius 2 is 1.43 bits per heavy atom. The quantitative estimate of drug-likeness (QED) is 0.184. The normalized spacial score (nSPS) is 14.2. The third-order valence-electron chi connectivity index (χ3n) is 8.23. The highest BCUT2D eigenvalue weighted by molar-refractivity contribution is 6.04. The van der Waals surface area contributed by atoms with Crippen LogP contribution in [-0.4, -0.2) is 42.5 Å². The largest absolute Gasteiger partial charge is 0.349 e. The molecule has 224 valence electrons. The molecular formula is C36H48N4O2. The number of amides is 3. The van der Waals surface area contributed by atoms with Crippen molar-refractivity contribution >= 4 is 17.6 Å². The van der Waals surface area contributed by atoms with Crippen LogP contribution in [0.2, 0.25) is 0 Å². The fourth-order valence-electron chi connectivity index (χ4n) is 5.92. The van der Waals surface area contributed by atoms with E-state index in [0.717, 1.165) is 44.3 Å². The van der Waals surface area contributed by atoms with Crippen molar-refractivity contribution in [2.75, 3.05) is 25.0 Å². The minimum absolute atomic E-state index is 0.0773. The second kappa shape index (κ2) is 16.1. The Kier molecular flexibility index (Phi) is 12.0. The molecule has 1 aliphatic heterocycles. The fourth-order valence-corrected chi connectivity index (χ4v) is 5.92. The lowest BCUT2D eigenvalue weighted by Gasteiger charge is -2.38. The van der Waals surface area contributed by atoms with Crippen LogP contribution in [0.3, 0.4) is 0 Å². The Morgan fingerprint density at radius 3 is 2.02 bits per heavy atom. The number of hydrogen-bond donors (Lipinski definition) is 3. The van der Waals surface area contributed by atoms with Gasteiger partial charge in [0.25, 0.3) is 5.91 Å². The summed E-state index contributed by atoms with van der Waals surface area (Å²) in [6, 6.07) is 27.0. The molecule has 1 saturated heterocycles. The number of nitrogens with one attached hydrogen (secondary N) is 3. The van der Waals surface area contributed by atoms with E-state index in [0.29, 0.717) is 17.8 Å². The topological polar surface area (TPSA) is 73.5 Å². The van der Waals surface area contributed by atoms with Gasteiger partial charge in [0, 0.05) is 25.7 Å². The first kappa shape index (κ1) is 31.3. The highest BCUT2D eigenvalue weighted by atomic mass is 16.2. The maximum Gasteiger partial charge on any atom is 0.319 e. The number of carbonyl (C=O) groups excluding carboxylic acids is 2. The van der Waals surface area contributed by atoms with Crippen LogP contribution in [0.25, 0.3) is 0 Å². The summed E-state index contributed by atoms with van der Waals surface area (Å²) in [5, 5.41) is 9.29. The summed E-state index contributed by atoms with van der Waals surface area (Å²) in [5.41, 5.74) is 4.66. The van der Waals surface area contributed by atoms with E-state index in [1.165, 1.54) is 30.4 Å². The number of urea groups is 1. The molecule has 3 amide bonds. The van der Waals surface area contributed by atoms with Gasteiger partial charge < -0.3 is 16.0 Å². The monoisotopic (exact) mass is 568 g/mol. The third kappa shape index (κ3) is 8.68. The average molecular weight is 569 g/mol. The first-order chi connectivity index (χ1) is 20.5. The van der Waals surface area contributed by atoms with Crippen LogP contribution in [0, 0.1) is 0 Å². The van der Waals surface area contributed by atoms with Crippen molar-refractivity contribution in [3.63, 3.8) is 0 Å². The van der Waals surface area contributed by atoms with Gasteiger partial charge in [-0.15, -0.1) is 0 Å². The fraction of sp³-hybridized carbons (Fsp3) is 0.444. The van der Waals surface area contributed by atoms with Crippen molar-refractivity contribution in [2.24, 2.45) is 0 Å². The molecule has 0 unspecified atom stereocenters. The number of piperidine rings is 1. The second-order valence-electron chi connectivity index (χ2n) is 11.7. The predicted octanol–water partition coefficient (Wildman–Crippen LogP) is 7.89. The van der Waals surface area contributed by atoms with Crippen molar-refractivity contribution in [1.82, 2.24) is 15.5 Å². The average Bonchev–Trinajstić information content (AvgIpc) is 3.01. The molecule has 0 radical (unpaired) electrons. The smallest absolute Gasteiger partial charge is 0.319 e. The molecule has 3 N–H and O–H groups in total. The minimum atomic E-state index is -0.256. The van der Waals surface area contributed by atoms with Crippen molar-refractivity contribution in [2.45, 2.75) is 83.7 Å². The number of carbonyl (C=O) groups is 2. The Bertz CT molecular complexity index is 1210. The predicted molar refractivity (Wildman–Crippen MR) is 173 cm³/mol. The molecule has 6 heteroatoms. The zero-order valence-corrected chi connectivity index (χ0v) is 25.6. The number of rotatable bonds is 13. The number of unbranched alkanes of at least 4 members (excludes halogenated alkanes) is 4. The van der Waals surface area contributed by atoms with E-state index >= 15 is 0 Å². The van der Waals surface area contributed by atoms with Gasteiger partial charge in [0.2, 0.25) is 0 Å². The molecule has 42 heavy (non-hydrogen) atoms. The third-order valence-corrected chi connectivity index (χ3v) is 8.23. The number of hydrogen-bond acceptors (Lipinski definition) is 3. The molecule has 0 atom stereocenters. The Hall–Kier alpha value is -3.64. The summed E-state index contributed by atoms with van der Waals surface area (Å²) in [5.74, 6) is 0.0340. The standard InChI is InChI=1S/C36H48N4O2/c1-4-5-6-7-14-24-37-36(42)39-33-31(27(2)3)20-15-21-32(33)35(41)38-30-22-25-40(26-23-30)34(28-16-10-8-11-17-28)29-18-12-9-13-19-29/h8-13,15-21,27,30,34H,4-7,14,22-26H2,1-3H3,(H,38,41)(H2,37,39,42). The van der Waals surface area contributed by atoms with E-state index in [1.807, 2.05) is 18.2 Å². The first-order valence-electron chi connectivity index (χ1n) is 15.8. The van der Waals surface area contributed by atoms with Crippen LogP contribution in [0.15, 0.2) is 78.9 Å².